The van der Waals surface area contributed by atoms with E-state index in [-0.39, 0.29) is 5.75 Å². The van der Waals surface area contributed by atoms with Gasteiger partial charge in [0.2, 0.25) is 5.95 Å². The third kappa shape index (κ3) is 4.05. The Hall–Kier alpha value is -3.23. The van der Waals surface area contributed by atoms with E-state index in [2.05, 4.69) is 20.1 Å². The molecule has 0 radical (unpaired) electrons. The highest BCUT2D eigenvalue weighted by atomic mass is 19.4. The van der Waals surface area contributed by atoms with Crippen LogP contribution in [0.5, 0.6) is 5.75 Å². The lowest BCUT2D eigenvalue weighted by molar-refractivity contribution is -0.274. The van der Waals surface area contributed by atoms with Gasteiger partial charge in [0.25, 0.3) is 0 Å². The third-order valence-electron chi connectivity index (χ3n) is 3.43. The molecule has 3 rings (SSSR count). The number of ether oxygens (including phenoxy) is 1. The predicted molar refractivity (Wildman–Crippen MR) is 92.1 cm³/mol. The Morgan fingerprint density at radius 3 is 2.31 bits per heavy atom. The van der Waals surface area contributed by atoms with Gasteiger partial charge in [-0.2, -0.15) is 9.67 Å². The molecule has 0 spiro atoms. The van der Waals surface area contributed by atoms with Gasteiger partial charge in [-0.15, -0.1) is 18.3 Å². The van der Waals surface area contributed by atoms with Gasteiger partial charge in [0.15, 0.2) is 5.82 Å². The van der Waals surface area contributed by atoms with Crippen LogP contribution in [-0.4, -0.2) is 27.7 Å². The summed E-state index contributed by atoms with van der Waals surface area (Å²) >= 11 is 0. The van der Waals surface area contributed by atoms with Crippen LogP contribution in [0.4, 0.5) is 24.8 Å². The van der Waals surface area contributed by atoms with E-state index in [0.717, 1.165) is 5.56 Å². The number of benzene rings is 2. The number of nitrogens with one attached hydrogen (secondary N) is 1. The molecule has 1 heterocycles. The minimum atomic E-state index is -4.73. The normalized spacial score (nSPS) is 11.4. The van der Waals surface area contributed by atoms with Crippen LogP contribution in [0.2, 0.25) is 0 Å². The summed E-state index contributed by atoms with van der Waals surface area (Å²) in [6.07, 6.45) is -4.73. The van der Waals surface area contributed by atoms with E-state index in [1.807, 2.05) is 6.92 Å². The standard InChI is InChI=1S/C17H16F3N5O/c1-2-22-16-23-15(11-3-5-12(21)6-4-11)24-25(16)13-7-9-14(10-8-13)26-17(18,19)20/h3-10H,2,21H2,1H3,(H,22,23,24). The van der Waals surface area contributed by atoms with E-state index in [1.165, 1.54) is 28.9 Å². The molecule has 0 fully saturated rings. The summed E-state index contributed by atoms with van der Waals surface area (Å²) in [5.74, 6) is 0.644. The van der Waals surface area contributed by atoms with Gasteiger partial charge in [0, 0.05) is 17.8 Å². The quantitative estimate of drug-likeness (QED) is 0.674. The Morgan fingerprint density at radius 1 is 1.08 bits per heavy atom. The average molecular weight is 363 g/mol. The highest BCUT2D eigenvalue weighted by Crippen LogP contribution is 2.26. The zero-order chi connectivity index (χ0) is 18.7. The fraction of sp³-hybridized carbons (Fsp3) is 0.176. The maximum Gasteiger partial charge on any atom is 0.573 e. The lowest BCUT2D eigenvalue weighted by Gasteiger charge is -2.10. The Kier molecular flexibility index (Phi) is 4.70. The first kappa shape index (κ1) is 17.6. The monoisotopic (exact) mass is 363 g/mol. The topological polar surface area (TPSA) is 78.0 Å². The molecule has 1 aromatic heterocycles. The molecule has 0 saturated heterocycles. The van der Waals surface area contributed by atoms with E-state index in [4.69, 9.17) is 5.73 Å². The highest BCUT2D eigenvalue weighted by molar-refractivity contribution is 5.60. The highest BCUT2D eigenvalue weighted by Gasteiger charge is 2.31. The lowest BCUT2D eigenvalue weighted by atomic mass is 10.2. The molecule has 26 heavy (non-hydrogen) atoms. The molecule has 0 unspecified atom stereocenters. The smallest absolute Gasteiger partial charge is 0.406 e. The molecule has 3 aromatic rings. The molecule has 0 atom stereocenters. The van der Waals surface area contributed by atoms with Gasteiger partial charge in [-0.05, 0) is 55.5 Å². The van der Waals surface area contributed by atoms with Gasteiger partial charge in [-0.3, -0.25) is 0 Å². The zero-order valence-corrected chi connectivity index (χ0v) is 13.8. The maximum absolute atomic E-state index is 12.3. The van der Waals surface area contributed by atoms with Crippen molar-refractivity contribution < 1.29 is 17.9 Å². The van der Waals surface area contributed by atoms with Crippen molar-refractivity contribution in [3.8, 4) is 22.8 Å². The average Bonchev–Trinajstić information content (AvgIpc) is 2.99. The number of hydrogen-bond donors (Lipinski definition) is 2. The lowest BCUT2D eigenvalue weighted by Crippen LogP contribution is -2.17. The van der Waals surface area contributed by atoms with Crippen molar-refractivity contribution in [3.63, 3.8) is 0 Å². The van der Waals surface area contributed by atoms with Crippen molar-refractivity contribution in [3.05, 3.63) is 48.5 Å². The second-order valence-electron chi connectivity index (χ2n) is 5.36. The van der Waals surface area contributed by atoms with Crippen LogP contribution in [0.15, 0.2) is 48.5 Å². The number of nitrogen functional groups attached to an aromatic ring is 1. The molecule has 2 aromatic carbocycles. The van der Waals surface area contributed by atoms with Crippen molar-refractivity contribution >= 4 is 11.6 Å². The Bertz CT molecular complexity index is 873. The van der Waals surface area contributed by atoms with E-state index in [0.29, 0.717) is 29.7 Å². The number of nitrogens with zero attached hydrogens (tertiary/aromatic N) is 3. The van der Waals surface area contributed by atoms with Crippen molar-refractivity contribution in [2.45, 2.75) is 13.3 Å². The molecule has 6 nitrogen and oxygen atoms in total. The second kappa shape index (κ2) is 6.95. The van der Waals surface area contributed by atoms with E-state index in [9.17, 15) is 13.2 Å². The zero-order valence-electron chi connectivity index (χ0n) is 13.8. The summed E-state index contributed by atoms with van der Waals surface area (Å²) in [5.41, 5.74) is 7.63. The van der Waals surface area contributed by atoms with Crippen LogP contribution < -0.4 is 15.8 Å². The van der Waals surface area contributed by atoms with Crippen LogP contribution in [0, 0.1) is 0 Å². The van der Waals surface area contributed by atoms with Crippen LogP contribution in [0.1, 0.15) is 6.92 Å². The number of anilines is 2. The van der Waals surface area contributed by atoms with Crippen molar-refractivity contribution in [2.24, 2.45) is 0 Å². The fourth-order valence-corrected chi connectivity index (χ4v) is 2.31. The first-order chi connectivity index (χ1) is 12.4. The number of nitrogens with two attached hydrogens (primary N) is 1. The van der Waals surface area contributed by atoms with Gasteiger partial charge in [0.05, 0.1) is 5.69 Å². The maximum atomic E-state index is 12.3. The molecule has 136 valence electrons. The summed E-state index contributed by atoms with van der Waals surface area (Å²) in [4.78, 5) is 4.45. The van der Waals surface area contributed by atoms with Gasteiger partial charge in [-0.1, -0.05) is 0 Å². The summed E-state index contributed by atoms with van der Waals surface area (Å²) in [7, 11) is 0. The molecular weight excluding hydrogens is 347 g/mol. The molecule has 0 aliphatic rings. The molecular formula is C17H16F3N5O. The summed E-state index contributed by atoms with van der Waals surface area (Å²) in [6, 6.07) is 12.5. The largest absolute Gasteiger partial charge is 0.573 e. The summed E-state index contributed by atoms with van der Waals surface area (Å²) < 4.78 is 42.2. The fourth-order valence-electron chi connectivity index (χ4n) is 2.31. The van der Waals surface area contributed by atoms with Gasteiger partial charge in [0.1, 0.15) is 5.75 Å². The number of hydrogen-bond acceptors (Lipinski definition) is 5. The Morgan fingerprint density at radius 2 is 1.73 bits per heavy atom. The van der Waals surface area contributed by atoms with Gasteiger partial charge < -0.3 is 15.8 Å². The first-order valence-electron chi connectivity index (χ1n) is 7.79. The predicted octanol–water partition coefficient (Wildman–Crippen LogP) is 3.85. The van der Waals surface area contributed by atoms with Crippen LogP contribution in [0.3, 0.4) is 0 Å². The van der Waals surface area contributed by atoms with Crippen molar-refractivity contribution in [1.29, 1.82) is 0 Å². The van der Waals surface area contributed by atoms with E-state index >= 15 is 0 Å². The molecule has 0 saturated carbocycles. The first-order valence-corrected chi connectivity index (χ1v) is 7.79. The minimum Gasteiger partial charge on any atom is -0.406 e. The number of rotatable bonds is 5. The molecule has 0 aliphatic carbocycles. The Balaban J connectivity index is 1.94. The SMILES string of the molecule is CCNc1nc(-c2ccc(N)cc2)nn1-c1ccc(OC(F)(F)F)cc1. The summed E-state index contributed by atoms with van der Waals surface area (Å²) in [6.45, 7) is 2.51. The Labute approximate surface area is 147 Å². The van der Waals surface area contributed by atoms with E-state index < -0.39 is 6.36 Å². The molecule has 3 N–H and O–H groups in total. The molecule has 0 amide bonds. The molecule has 0 bridgehead atoms. The number of halogens is 3. The van der Waals surface area contributed by atoms with Crippen LogP contribution in [0.25, 0.3) is 17.1 Å². The van der Waals surface area contributed by atoms with Gasteiger partial charge >= 0.3 is 6.36 Å². The third-order valence-corrected chi connectivity index (χ3v) is 3.43. The van der Waals surface area contributed by atoms with Gasteiger partial charge in [-0.25, -0.2) is 0 Å². The molecule has 9 heteroatoms. The molecule has 0 aliphatic heterocycles. The van der Waals surface area contributed by atoms with Crippen molar-refractivity contribution in [1.82, 2.24) is 14.8 Å². The van der Waals surface area contributed by atoms with E-state index in [1.54, 1.807) is 24.3 Å². The summed E-state index contributed by atoms with van der Waals surface area (Å²) in [5, 5.41) is 7.52. The number of aromatic nitrogens is 3. The van der Waals surface area contributed by atoms with Crippen LogP contribution >= 0.6 is 0 Å². The van der Waals surface area contributed by atoms with Crippen LogP contribution in [-0.2, 0) is 0 Å². The minimum absolute atomic E-state index is 0.301. The second-order valence-corrected chi connectivity index (χ2v) is 5.36. The number of alkyl halides is 3. The van der Waals surface area contributed by atoms with Crippen molar-refractivity contribution in [2.75, 3.05) is 17.6 Å².